The smallest absolute Gasteiger partial charge is 0.322 e. The lowest BCUT2D eigenvalue weighted by Gasteiger charge is -2.17. The molecule has 0 amide bonds. The fourth-order valence-corrected chi connectivity index (χ4v) is 1.11. The molecule has 78 valence electrons. The van der Waals surface area contributed by atoms with Crippen molar-refractivity contribution in [3.63, 3.8) is 0 Å². The maximum atomic E-state index is 11.8. The zero-order valence-electron chi connectivity index (χ0n) is 8.47. The topological polar surface area (TPSA) is 38.3 Å². The summed E-state index contributed by atoms with van der Waals surface area (Å²) in [7, 11) is 1.34. The second kappa shape index (κ2) is 6.83. The molecule has 0 aliphatic rings. The van der Waals surface area contributed by atoms with Crippen molar-refractivity contribution in [2.75, 3.05) is 20.3 Å². The third kappa shape index (κ3) is 5.58. The van der Waals surface area contributed by atoms with Crippen LogP contribution in [0.15, 0.2) is 0 Å². The van der Waals surface area contributed by atoms with Crippen LogP contribution < -0.4 is 5.32 Å². The molecule has 4 heteroatoms. The summed E-state index contributed by atoms with van der Waals surface area (Å²) in [5, 5.41) is 2.80. The van der Waals surface area contributed by atoms with Crippen molar-refractivity contribution < 1.29 is 13.9 Å². The summed E-state index contributed by atoms with van der Waals surface area (Å²) in [4.78, 5) is 11.1. The molecular weight excluding hydrogens is 173 g/mol. The number of alkyl halides is 1. The van der Waals surface area contributed by atoms with Crippen molar-refractivity contribution in [2.24, 2.45) is 5.92 Å². The zero-order chi connectivity index (χ0) is 10.3. The molecule has 0 aromatic carbocycles. The standard InChI is InChI=1S/C9H18FNO2/c1-7(2)6-8(9(12)13-3)11-5-4-10/h7-8,11H,4-6H2,1-3H3. The summed E-state index contributed by atoms with van der Waals surface area (Å²) in [5.74, 6) is 0.0679. The lowest BCUT2D eigenvalue weighted by atomic mass is 10.0. The van der Waals surface area contributed by atoms with Gasteiger partial charge in [-0.25, -0.2) is 4.39 Å². The van der Waals surface area contributed by atoms with Gasteiger partial charge in [0, 0.05) is 6.54 Å². The molecule has 0 bridgehead atoms. The number of ether oxygens (including phenoxy) is 1. The van der Waals surface area contributed by atoms with Gasteiger partial charge in [-0.3, -0.25) is 4.79 Å². The summed E-state index contributed by atoms with van der Waals surface area (Å²) in [6.07, 6.45) is 0.673. The molecule has 0 aliphatic heterocycles. The maximum absolute atomic E-state index is 11.8. The van der Waals surface area contributed by atoms with E-state index in [2.05, 4.69) is 10.1 Å². The van der Waals surface area contributed by atoms with Crippen LogP contribution >= 0.6 is 0 Å². The number of hydrogen-bond donors (Lipinski definition) is 1. The highest BCUT2D eigenvalue weighted by Gasteiger charge is 2.19. The molecule has 1 N–H and O–H groups in total. The number of methoxy groups -OCH3 is 1. The van der Waals surface area contributed by atoms with Crippen LogP contribution in [0.2, 0.25) is 0 Å². The first-order valence-electron chi connectivity index (χ1n) is 4.49. The van der Waals surface area contributed by atoms with E-state index in [4.69, 9.17) is 0 Å². The highest BCUT2D eigenvalue weighted by atomic mass is 19.1. The predicted octanol–water partition coefficient (Wildman–Crippen LogP) is 1.13. The fourth-order valence-electron chi connectivity index (χ4n) is 1.11. The first kappa shape index (κ1) is 12.4. The Morgan fingerprint density at radius 3 is 2.54 bits per heavy atom. The minimum atomic E-state index is -0.467. The van der Waals surface area contributed by atoms with E-state index in [0.29, 0.717) is 12.3 Å². The van der Waals surface area contributed by atoms with Crippen molar-refractivity contribution in [1.82, 2.24) is 5.32 Å². The van der Waals surface area contributed by atoms with E-state index in [1.807, 2.05) is 13.8 Å². The zero-order valence-corrected chi connectivity index (χ0v) is 8.47. The highest BCUT2D eigenvalue weighted by molar-refractivity contribution is 5.75. The third-order valence-corrected chi connectivity index (χ3v) is 1.68. The molecule has 1 atom stereocenters. The Morgan fingerprint density at radius 1 is 1.54 bits per heavy atom. The van der Waals surface area contributed by atoms with Gasteiger partial charge in [-0.1, -0.05) is 13.8 Å². The molecule has 3 nitrogen and oxygen atoms in total. The Labute approximate surface area is 78.6 Å². The molecule has 0 radical (unpaired) electrons. The number of esters is 1. The second-order valence-corrected chi connectivity index (χ2v) is 3.35. The van der Waals surface area contributed by atoms with Crippen molar-refractivity contribution in [3.05, 3.63) is 0 Å². The van der Waals surface area contributed by atoms with Crippen LogP contribution in [0.5, 0.6) is 0 Å². The molecule has 0 aromatic rings. The lowest BCUT2D eigenvalue weighted by Crippen LogP contribution is -2.39. The maximum Gasteiger partial charge on any atom is 0.322 e. The van der Waals surface area contributed by atoms with E-state index in [1.165, 1.54) is 7.11 Å². The average molecular weight is 191 g/mol. The number of nitrogens with one attached hydrogen (secondary N) is 1. The first-order valence-corrected chi connectivity index (χ1v) is 4.49. The van der Waals surface area contributed by atoms with Gasteiger partial charge >= 0.3 is 5.97 Å². The minimum Gasteiger partial charge on any atom is -0.468 e. The SMILES string of the molecule is COC(=O)C(CC(C)C)NCCF. The van der Waals surface area contributed by atoms with Crippen LogP contribution in [0, 0.1) is 5.92 Å². The number of carbonyl (C=O) groups is 1. The molecule has 0 saturated carbocycles. The number of hydrogen-bond acceptors (Lipinski definition) is 3. The lowest BCUT2D eigenvalue weighted by molar-refractivity contribution is -0.143. The Bertz CT molecular complexity index is 151. The second-order valence-electron chi connectivity index (χ2n) is 3.35. The van der Waals surface area contributed by atoms with Crippen LogP contribution in [0.3, 0.4) is 0 Å². The van der Waals surface area contributed by atoms with Gasteiger partial charge in [0.05, 0.1) is 7.11 Å². The molecule has 0 aromatic heterocycles. The van der Waals surface area contributed by atoms with Gasteiger partial charge in [0.25, 0.3) is 0 Å². The van der Waals surface area contributed by atoms with Gasteiger partial charge in [-0.05, 0) is 12.3 Å². The molecule has 0 aliphatic carbocycles. The van der Waals surface area contributed by atoms with E-state index in [-0.39, 0.29) is 18.6 Å². The number of rotatable bonds is 6. The van der Waals surface area contributed by atoms with Crippen LogP contribution in [0.25, 0.3) is 0 Å². The van der Waals surface area contributed by atoms with Crippen LogP contribution in [0.1, 0.15) is 20.3 Å². The average Bonchev–Trinajstić information content (AvgIpc) is 2.10. The van der Waals surface area contributed by atoms with E-state index >= 15 is 0 Å². The Morgan fingerprint density at radius 2 is 2.15 bits per heavy atom. The van der Waals surface area contributed by atoms with Gasteiger partial charge < -0.3 is 10.1 Å². The predicted molar refractivity (Wildman–Crippen MR) is 49.2 cm³/mol. The van der Waals surface area contributed by atoms with Gasteiger partial charge in [0.2, 0.25) is 0 Å². The summed E-state index contributed by atoms with van der Waals surface area (Å²) >= 11 is 0. The van der Waals surface area contributed by atoms with E-state index in [1.54, 1.807) is 0 Å². The molecule has 0 spiro atoms. The summed E-state index contributed by atoms with van der Waals surface area (Å²) in [6, 6.07) is -0.374. The molecule has 13 heavy (non-hydrogen) atoms. The molecule has 0 rings (SSSR count). The molecule has 0 fully saturated rings. The van der Waals surface area contributed by atoms with Crippen molar-refractivity contribution >= 4 is 5.97 Å². The monoisotopic (exact) mass is 191 g/mol. The molecular formula is C9H18FNO2. The Hall–Kier alpha value is -0.640. The van der Waals surface area contributed by atoms with Crippen molar-refractivity contribution in [1.29, 1.82) is 0 Å². The summed E-state index contributed by atoms with van der Waals surface area (Å²) < 4.78 is 16.4. The van der Waals surface area contributed by atoms with E-state index in [0.717, 1.165) is 0 Å². The number of carbonyl (C=O) groups excluding carboxylic acids is 1. The Balaban J connectivity index is 3.94. The van der Waals surface area contributed by atoms with Gasteiger partial charge in [0.1, 0.15) is 12.7 Å². The van der Waals surface area contributed by atoms with Gasteiger partial charge in [0.15, 0.2) is 0 Å². The quantitative estimate of drug-likeness (QED) is 0.640. The first-order chi connectivity index (χ1) is 6.11. The van der Waals surface area contributed by atoms with Crippen LogP contribution in [0.4, 0.5) is 4.39 Å². The molecule has 0 saturated heterocycles. The Kier molecular flexibility index (Phi) is 6.49. The molecule has 0 heterocycles. The van der Waals surface area contributed by atoms with Crippen LogP contribution in [-0.4, -0.2) is 32.3 Å². The van der Waals surface area contributed by atoms with Crippen molar-refractivity contribution in [2.45, 2.75) is 26.3 Å². The summed E-state index contributed by atoms with van der Waals surface area (Å²) in [6.45, 7) is 3.75. The largest absolute Gasteiger partial charge is 0.468 e. The molecule has 1 unspecified atom stereocenters. The fraction of sp³-hybridized carbons (Fsp3) is 0.889. The van der Waals surface area contributed by atoms with Crippen molar-refractivity contribution in [3.8, 4) is 0 Å². The van der Waals surface area contributed by atoms with Crippen LogP contribution in [-0.2, 0) is 9.53 Å². The van der Waals surface area contributed by atoms with Gasteiger partial charge in [-0.2, -0.15) is 0 Å². The minimum absolute atomic E-state index is 0.201. The highest BCUT2D eigenvalue weighted by Crippen LogP contribution is 2.05. The van der Waals surface area contributed by atoms with E-state index in [9.17, 15) is 9.18 Å². The summed E-state index contributed by atoms with van der Waals surface area (Å²) in [5.41, 5.74) is 0. The third-order valence-electron chi connectivity index (χ3n) is 1.68. The van der Waals surface area contributed by atoms with E-state index < -0.39 is 6.67 Å². The van der Waals surface area contributed by atoms with Gasteiger partial charge in [-0.15, -0.1) is 0 Å². The normalized spacial score (nSPS) is 13.0. The number of halogens is 1.